The van der Waals surface area contributed by atoms with Crippen LogP contribution in [0.15, 0.2) is 29.2 Å². The van der Waals surface area contributed by atoms with Crippen molar-refractivity contribution < 1.29 is 53.2 Å². The number of sulfonamides is 1. The van der Waals surface area contributed by atoms with Crippen molar-refractivity contribution in [1.29, 1.82) is 0 Å². The van der Waals surface area contributed by atoms with Crippen LogP contribution < -0.4 is 0 Å². The van der Waals surface area contributed by atoms with E-state index in [0.717, 1.165) is 18.2 Å². The molecule has 0 saturated carbocycles. The van der Waals surface area contributed by atoms with Crippen molar-refractivity contribution in [2.75, 3.05) is 6.61 Å². The van der Waals surface area contributed by atoms with Crippen molar-refractivity contribution in [2.45, 2.75) is 48.3 Å². The zero-order valence-electron chi connectivity index (χ0n) is 15.7. The number of benzene rings is 1. The summed E-state index contributed by atoms with van der Waals surface area (Å²) in [6.07, 6.45) is -9.00. The van der Waals surface area contributed by atoms with Crippen LogP contribution in [0.4, 0.5) is 5.69 Å². The fourth-order valence-corrected chi connectivity index (χ4v) is 4.99. The maximum absolute atomic E-state index is 13.4. The highest BCUT2D eigenvalue weighted by atomic mass is 32.2. The summed E-state index contributed by atoms with van der Waals surface area (Å²) in [5, 5.41) is 59.4. The molecule has 0 aliphatic carbocycles. The Hall–Kier alpha value is -2.69. The summed E-state index contributed by atoms with van der Waals surface area (Å²) in [4.78, 5) is 32.2. The van der Waals surface area contributed by atoms with Crippen molar-refractivity contribution in [1.82, 2.24) is 4.31 Å². The van der Waals surface area contributed by atoms with Crippen LogP contribution in [0.2, 0.25) is 0 Å². The quantitative estimate of drug-likeness (QED) is 0.194. The molecule has 0 unspecified atom stereocenters. The lowest BCUT2D eigenvalue weighted by atomic mass is 10.1. The van der Waals surface area contributed by atoms with Gasteiger partial charge >= 0.3 is 11.9 Å². The second-order valence-electron chi connectivity index (χ2n) is 6.58. The molecule has 14 nitrogen and oxygen atoms in total. The summed E-state index contributed by atoms with van der Waals surface area (Å²) in [6, 6.07) is 1.87. The van der Waals surface area contributed by atoms with Crippen molar-refractivity contribution in [3.8, 4) is 0 Å². The first-order chi connectivity index (χ1) is 14.4. The standard InChI is InChI=1S/C16H20N2O12S/c19-7-10-13(22)14(23)15(30-10)17(9(16(24)25)5-6-12(20)21)31(28,29)11-4-2-1-3-8(11)18(26)27/h1-4,9-10,13-15,19,22-23H,5-7H2,(H,20,21)(H,24,25)/t9-,10-,13-,14+,15+/m0/s1. The number of carboxylic acid groups (broad SMARTS) is 2. The third kappa shape index (κ3) is 4.97. The highest BCUT2D eigenvalue weighted by Gasteiger charge is 2.53. The van der Waals surface area contributed by atoms with Crippen LogP contribution in [0, 0.1) is 10.1 Å². The van der Waals surface area contributed by atoms with Gasteiger partial charge in [-0.3, -0.25) is 19.7 Å². The van der Waals surface area contributed by atoms with Crippen LogP contribution in [-0.4, -0.2) is 92.3 Å². The fraction of sp³-hybridized carbons (Fsp3) is 0.500. The first-order valence-electron chi connectivity index (χ1n) is 8.77. The number of hydrogen-bond donors (Lipinski definition) is 5. The SMILES string of the molecule is O=C(O)CC[C@@H](C(=O)O)N([C@@H]1O[C@@H](CO)[C@H](O)[C@H]1O)S(=O)(=O)c1ccccc1[N+](=O)[O-]. The molecule has 1 fully saturated rings. The maximum Gasteiger partial charge on any atom is 0.322 e. The number of nitro groups is 1. The van der Waals surface area contributed by atoms with Crippen LogP contribution in [0.1, 0.15) is 12.8 Å². The van der Waals surface area contributed by atoms with Crippen molar-refractivity contribution in [3.63, 3.8) is 0 Å². The van der Waals surface area contributed by atoms with E-state index in [0.29, 0.717) is 0 Å². The van der Waals surface area contributed by atoms with E-state index in [4.69, 9.17) is 9.84 Å². The monoisotopic (exact) mass is 464 g/mol. The number of aliphatic carboxylic acids is 2. The van der Waals surface area contributed by atoms with Gasteiger partial charge in [0.1, 0.15) is 24.4 Å². The molecule has 0 spiro atoms. The predicted molar refractivity (Wildman–Crippen MR) is 98.2 cm³/mol. The third-order valence-corrected chi connectivity index (χ3v) is 6.53. The zero-order valence-corrected chi connectivity index (χ0v) is 16.5. The molecular formula is C16H20N2O12S. The summed E-state index contributed by atoms with van der Waals surface area (Å²) < 4.78 is 32.0. The molecule has 15 heteroatoms. The summed E-state index contributed by atoms with van der Waals surface area (Å²) in [5.74, 6) is -3.27. The van der Waals surface area contributed by atoms with Crippen molar-refractivity contribution >= 4 is 27.6 Å². The highest BCUT2D eigenvalue weighted by Crippen LogP contribution is 2.34. The fourth-order valence-electron chi connectivity index (χ4n) is 3.13. The van der Waals surface area contributed by atoms with Crippen molar-refractivity contribution in [3.05, 3.63) is 34.4 Å². The Kier molecular flexibility index (Phi) is 7.63. The number of nitrogens with zero attached hydrogens (tertiary/aromatic N) is 2. The van der Waals surface area contributed by atoms with E-state index in [2.05, 4.69) is 0 Å². The number of nitro benzene ring substituents is 1. The average molecular weight is 464 g/mol. The largest absolute Gasteiger partial charge is 0.481 e. The highest BCUT2D eigenvalue weighted by molar-refractivity contribution is 7.89. The number of hydrogen-bond acceptors (Lipinski definition) is 10. The Labute approximate surface area is 175 Å². The number of aliphatic hydroxyl groups is 3. The van der Waals surface area contributed by atoms with Crippen LogP contribution in [0.3, 0.4) is 0 Å². The molecular weight excluding hydrogens is 444 g/mol. The Morgan fingerprint density at radius 2 is 1.81 bits per heavy atom. The first kappa shape index (κ1) is 24.6. The smallest absolute Gasteiger partial charge is 0.322 e. The second kappa shape index (κ2) is 9.63. The van der Waals surface area contributed by atoms with Gasteiger partial charge < -0.3 is 30.3 Å². The normalized spacial score (nSPS) is 24.8. The number of para-hydroxylation sites is 1. The first-order valence-corrected chi connectivity index (χ1v) is 10.2. The van der Waals surface area contributed by atoms with E-state index in [9.17, 15) is 48.5 Å². The van der Waals surface area contributed by atoms with E-state index in [1.54, 1.807) is 0 Å². The number of ether oxygens (including phenoxy) is 1. The van der Waals surface area contributed by atoms with Gasteiger partial charge in [0, 0.05) is 12.5 Å². The van der Waals surface area contributed by atoms with Crippen LogP contribution in [-0.2, 0) is 24.3 Å². The lowest BCUT2D eigenvalue weighted by Crippen LogP contribution is -2.55. The van der Waals surface area contributed by atoms with Gasteiger partial charge in [0.05, 0.1) is 11.5 Å². The van der Waals surface area contributed by atoms with E-state index >= 15 is 0 Å². The van der Waals surface area contributed by atoms with Gasteiger partial charge in [-0.2, -0.15) is 4.31 Å². The van der Waals surface area contributed by atoms with E-state index in [1.807, 2.05) is 0 Å². The third-order valence-electron chi connectivity index (χ3n) is 4.61. The molecule has 0 aromatic heterocycles. The molecule has 1 aromatic rings. The number of carbonyl (C=O) groups is 2. The minimum Gasteiger partial charge on any atom is -0.481 e. The predicted octanol–water partition coefficient (Wildman–Crippen LogP) is -1.66. The molecule has 0 amide bonds. The summed E-state index contributed by atoms with van der Waals surface area (Å²) in [6.45, 7) is -0.860. The lowest BCUT2D eigenvalue weighted by Gasteiger charge is -2.33. The molecule has 172 valence electrons. The average Bonchev–Trinajstić information content (AvgIpc) is 2.98. The van der Waals surface area contributed by atoms with E-state index in [1.165, 1.54) is 6.07 Å². The molecule has 1 aliphatic rings. The van der Waals surface area contributed by atoms with Crippen LogP contribution >= 0.6 is 0 Å². The summed E-state index contributed by atoms with van der Waals surface area (Å²) in [5.41, 5.74) is -0.901. The Bertz CT molecular complexity index is 952. The molecule has 1 saturated heterocycles. The van der Waals surface area contributed by atoms with Crippen molar-refractivity contribution in [2.24, 2.45) is 0 Å². The minimum absolute atomic E-state index is 0.0875. The molecule has 0 bridgehead atoms. The Morgan fingerprint density at radius 1 is 1.19 bits per heavy atom. The van der Waals surface area contributed by atoms with Gasteiger partial charge in [0.2, 0.25) is 0 Å². The molecule has 5 atom stereocenters. The molecule has 2 rings (SSSR count). The number of aliphatic hydroxyl groups excluding tert-OH is 3. The van der Waals surface area contributed by atoms with E-state index < -0.39 is 87.5 Å². The van der Waals surface area contributed by atoms with Gasteiger partial charge in [0.25, 0.3) is 15.7 Å². The topological polar surface area (TPSA) is 225 Å². The van der Waals surface area contributed by atoms with Gasteiger partial charge in [-0.1, -0.05) is 12.1 Å². The van der Waals surface area contributed by atoms with Gasteiger partial charge in [-0.25, -0.2) is 8.42 Å². The van der Waals surface area contributed by atoms with E-state index in [-0.39, 0.29) is 4.31 Å². The Balaban J connectivity index is 2.68. The number of rotatable bonds is 10. The molecule has 1 aliphatic heterocycles. The number of carboxylic acids is 2. The molecule has 1 heterocycles. The van der Waals surface area contributed by atoms with Gasteiger partial charge in [-0.05, 0) is 12.5 Å². The summed E-state index contributed by atoms with van der Waals surface area (Å²) in [7, 11) is -5.10. The molecule has 1 aromatic carbocycles. The molecule has 5 N–H and O–H groups in total. The molecule has 31 heavy (non-hydrogen) atoms. The van der Waals surface area contributed by atoms with Gasteiger partial charge in [0.15, 0.2) is 11.1 Å². The zero-order chi connectivity index (χ0) is 23.5. The Morgan fingerprint density at radius 3 is 2.29 bits per heavy atom. The van der Waals surface area contributed by atoms with Gasteiger partial charge in [-0.15, -0.1) is 0 Å². The minimum atomic E-state index is -5.10. The van der Waals surface area contributed by atoms with Crippen LogP contribution in [0.5, 0.6) is 0 Å². The van der Waals surface area contributed by atoms with Crippen LogP contribution in [0.25, 0.3) is 0 Å². The molecule has 0 radical (unpaired) electrons. The lowest BCUT2D eigenvalue weighted by molar-refractivity contribution is -0.387. The summed E-state index contributed by atoms with van der Waals surface area (Å²) >= 11 is 0. The second-order valence-corrected chi connectivity index (χ2v) is 8.39. The maximum atomic E-state index is 13.4.